The molecule has 4 bridgehead atoms. The van der Waals surface area contributed by atoms with Crippen LogP contribution in [0.15, 0.2) is 12.1 Å². The van der Waals surface area contributed by atoms with E-state index in [1.54, 1.807) is 13.2 Å². The normalized spacial score (nSPS) is 46.4. The number of carbonyl (C=O) groups is 1. The third-order valence-electron chi connectivity index (χ3n) is 12.4. The number of carboxylic acid groups (broad SMARTS) is 1. The highest BCUT2D eigenvalue weighted by Crippen LogP contribution is 2.77. The topological polar surface area (TPSA) is 167 Å². The maximum Gasteiger partial charge on any atom is 0.335 e. The zero-order chi connectivity index (χ0) is 30.2. The van der Waals surface area contributed by atoms with Crippen LogP contribution in [0.1, 0.15) is 64.5 Å². The summed E-state index contributed by atoms with van der Waals surface area (Å²) in [5, 5.41) is 56.8. The van der Waals surface area contributed by atoms with Crippen LogP contribution in [-0.2, 0) is 26.1 Å². The number of aliphatic carboxylic acids is 1. The summed E-state index contributed by atoms with van der Waals surface area (Å²) in [6.07, 6.45) is -4.97. The molecule has 7 aliphatic rings. The zero-order valence-electron chi connectivity index (χ0n) is 24.8. The first-order valence-electron chi connectivity index (χ1n) is 15.1. The summed E-state index contributed by atoms with van der Waals surface area (Å²) in [6, 6.07) is 3.94. The Kier molecular flexibility index (Phi) is 6.03. The molecule has 4 aliphatic carbocycles. The summed E-state index contributed by atoms with van der Waals surface area (Å²) >= 11 is 0. The lowest BCUT2D eigenvalue weighted by Crippen LogP contribution is -2.83. The predicted octanol–water partition coefficient (Wildman–Crippen LogP) is 0.857. The third kappa shape index (κ3) is 3.23. The maximum atomic E-state index is 12.2. The van der Waals surface area contributed by atoms with Gasteiger partial charge < -0.3 is 49.8 Å². The van der Waals surface area contributed by atoms with E-state index in [9.17, 15) is 30.3 Å². The minimum Gasteiger partial charge on any atom is -0.482 e. The number of carboxylic acids is 1. The summed E-state index contributed by atoms with van der Waals surface area (Å²) in [7, 11) is 1.72. The van der Waals surface area contributed by atoms with Crippen LogP contribution < -0.4 is 14.8 Å². The number of aliphatic hydroxyl groups is 4. The summed E-state index contributed by atoms with van der Waals surface area (Å²) < 4.78 is 25.1. The Morgan fingerprint density at radius 2 is 1.81 bits per heavy atom. The van der Waals surface area contributed by atoms with Crippen LogP contribution in [0, 0.1) is 16.7 Å². The van der Waals surface area contributed by atoms with Crippen LogP contribution in [0.2, 0.25) is 0 Å². The lowest BCUT2D eigenvalue weighted by molar-refractivity contribution is -0.303. The van der Waals surface area contributed by atoms with Crippen molar-refractivity contribution in [3.05, 3.63) is 23.3 Å². The van der Waals surface area contributed by atoms with Crippen LogP contribution in [0.5, 0.6) is 11.5 Å². The van der Waals surface area contributed by atoms with Gasteiger partial charge in [-0.15, -0.1) is 0 Å². The van der Waals surface area contributed by atoms with Crippen molar-refractivity contribution in [2.24, 2.45) is 16.7 Å². The highest BCUT2D eigenvalue weighted by molar-refractivity contribution is 5.73. The molecule has 0 radical (unpaired) electrons. The molecule has 5 fully saturated rings. The number of hydrogen-bond donors (Lipinski definition) is 6. The molecule has 3 aliphatic heterocycles. The minimum atomic E-state index is -1.81. The summed E-state index contributed by atoms with van der Waals surface area (Å²) in [6.45, 7) is 8.92. The number of nitrogens with one attached hydrogen (secondary N) is 1. The molecule has 2 saturated heterocycles. The molecule has 3 saturated carbocycles. The van der Waals surface area contributed by atoms with Crippen LogP contribution >= 0.6 is 0 Å². The Morgan fingerprint density at radius 1 is 1.07 bits per heavy atom. The predicted molar refractivity (Wildman–Crippen MR) is 147 cm³/mol. The highest BCUT2D eigenvalue weighted by atomic mass is 16.7. The molecule has 42 heavy (non-hydrogen) atoms. The fourth-order valence-electron chi connectivity index (χ4n) is 9.88. The second kappa shape index (κ2) is 8.80. The maximum absolute atomic E-state index is 12.2. The second-order valence-electron chi connectivity index (χ2n) is 14.7. The monoisotopic (exact) mass is 589 g/mol. The van der Waals surface area contributed by atoms with Gasteiger partial charge in [0.05, 0.1) is 5.60 Å². The average molecular weight is 590 g/mol. The molecule has 3 heterocycles. The Labute approximate surface area is 245 Å². The molecule has 232 valence electrons. The average Bonchev–Trinajstić information content (AvgIpc) is 3.30. The van der Waals surface area contributed by atoms with Crippen molar-refractivity contribution < 1.29 is 49.3 Å². The number of ether oxygens (including phenoxy) is 4. The van der Waals surface area contributed by atoms with E-state index in [-0.39, 0.29) is 23.1 Å². The molecule has 1 aromatic carbocycles. The van der Waals surface area contributed by atoms with Gasteiger partial charge in [-0.2, -0.15) is 0 Å². The van der Waals surface area contributed by atoms with Gasteiger partial charge in [0, 0.05) is 35.5 Å². The Balaban J connectivity index is 1.36. The standard InChI is InChI=1S/C31H43NO10/c1-27(2,3)28(4,38)16-13-29-8-9-31(16,39-5)26-30(29)10-11-32-17(29)12-14-6-7-15(22(42-26)18(14)30)40-25-21(35)19(33)20(34)23(41-25)24(36)37/h6-7,16-17,19-21,23,25-26,32-35,38H,8-13H2,1-5H3,(H,36,37)/t16?,17-,19+,20+,21-,23+,25-,26-,28-,29-,30+,31+/m1/s1. The van der Waals surface area contributed by atoms with E-state index in [2.05, 4.69) is 26.1 Å². The molecule has 12 atom stereocenters. The summed E-state index contributed by atoms with van der Waals surface area (Å²) in [5.41, 5.74) is -0.637. The van der Waals surface area contributed by atoms with E-state index >= 15 is 0 Å². The Morgan fingerprint density at radius 3 is 2.48 bits per heavy atom. The van der Waals surface area contributed by atoms with Crippen molar-refractivity contribution in [1.82, 2.24) is 5.32 Å². The van der Waals surface area contributed by atoms with E-state index in [0.29, 0.717) is 5.75 Å². The first kappa shape index (κ1) is 28.8. The summed E-state index contributed by atoms with van der Waals surface area (Å²) in [5.74, 6) is -0.895. The highest BCUT2D eigenvalue weighted by Gasteiger charge is 2.81. The Bertz CT molecular complexity index is 1310. The van der Waals surface area contributed by atoms with E-state index < -0.39 is 64.8 Å². The van der Waals surface area contributed by atoms with Crippen molar-refractivity contribution in [2.75, 3.05) is 13.7 Å². The SMILES string of the molecule is CO[C@@]12CC[C@@]3(CC1[C@@](C)(O)C(C)(C)C)[C@H]1Cc4ccc(O[C@@H]5O[C@H](C(=O)O)[C@@H](O)[C@H](O)[C@H]5O)c5c4[C@@]3(CCN1)[C@H]2O5. The summed E-state index contributed by atoms with van der Waals surface area (Å²) in [4.78, 5) is 11.7. The molecular weight excluding hydrogens is 546 g/mol. The number of piperidine rings is 1. The van der Waals surface area contributed by atoms with Crippen LogP contribution in [0.4, 0.5) is 0 Å². The molecule has 11 heteroatoms. The number of benzene rings is 1. The zero-order valence-corrected chi connectivity index (χ0v) is 24.8. The van der Waals surface area contributed by atoms with E-state index in [1.807, 2.05) is 13.0 Å². The smallest absolute Gasteiger partial charge is 0.335 e. The van der Waals surface area contributed by atoms with Gasteiger partial charge in [-0.05, 0) is 62.6 Å². The van der Waals surface area contributed by atoms with Crippen molar-refractivity contribution in [2.45, 2.75) is 119 Å². The van der Waals surface area contributed by atoms with E-state index in [1.165, 1.54) is 0 Å². The van der Waals surface area contributed by atoms with Gasteiger partial charge in [0.15, 0.2) is 17.6 Å². The first-order chi connectivity index (χ1) is 19.7. The molecule has 1 aromatic rings. The fraction of sp³-hybridized carbons (Fsp3) is 0.774. The van der Waals surface area contributed by atoms with Crippen molar-refractivity contribution in [1.29, 1.82) is 0 Å². The molecule has 0 amide bonds. The van der Waals surface area contributed by atoms with Gasteiger partial charge in [0.2, 0.25) is 6.29 Å². The number of methoxy groups -OCH3 is 1. The number of fused-ring (bicyclic) bond motifs is 2. The van der Waals surface area contributed by atoms with Crippen LogP contribution in [0.3, 0.4) is 0 Å². The van der Waals surface area contributed by atoms with Gasteiger partial charge in [0.1, 0.15) is 30.0 Å². The van der Waals surface area contributed by atoms with Gasteiger partial charge in [-0.25, -0.2) is 4.79 Å². The molecule has 0 aromatic heterocycles. The van der Waals surface area contributed by atoms with E-state index in [4.69, 9.17) is 18.9 Å². The third-order valence-corrected chi connectivity index (χ3v) is 12.4. The molecular formula is C31H43NO10. The molecule has 2 spiro atoms. The number of aliphatic hydroxyl groups excluding tert-OH is 3. The van der Waals surface area contributed by atoms with Gasteiger partial charge >= 0.3 is 5.97 Å². The molecule has 11 nitrogen and oxygen atoms in total. The minimum absolute atomic E-state index is 0.192. The van der Waals surface area contributed by atoms with Gasteiger partial charge in [-0.1, -0.05) is 26.8 Å². The fourth-order valence-corrected chi connectivity index (χ4v) is 9.88. The number of rotatable bonds is 5. The molecule has 1 unspecified atom stereocenters. The quantitative estimate of drug-likeness (QED) is 0.288. The van der Waals surface area contributed by atoms with Crippen molar-refractivity contribution in [3.8, 4) is 11.5 Å². The Hall–Kier alpha value is -1.99. The van der Waals surface area contributed by atoms with Crippen molar-refractivity contribution >= 4 is 5.97 Å². The number of hydrogen-bond acceptors (Lipinski definition) is 10. The van der Waals surface area contributed by atoms with E-state index in [0.717, 1.165) is 49.8 Å². The van der Waals surface area contributed by atoms with Crippen LogP contribution in [0.25, 0.3) is 0 Å². The lowest BCUT2D eigenvalue weighted by Gasteiger charge is -2.74. The van der Waals surface area contributed by atoms with Gasteiger partial charge in [-0.3, -0.25) is 0 Å². The molecule has 8 rings (SSSR count). The van der Waals surface area contributed by atoms with Crippen molar-refractivity contribution in [3.63, 3.8) is 0 Å². The first-order valence-corrected chi connectivity index (χ1v) is 15.1. The van der Waals surface area contributed by atoms with Crippen LogP contribution in [-0.4, -0.2) is 99.2 Å². The molecule has 6 N–H and O–H groups in total. The van der Waals surface area contributed by atoms with Gasteiger partial charge in [0.25, 0.3) is 0 Å². The lowest BCUT2D eigenvalue weighted by atomic mass is 9.33. The second-order valence-corrected chi connectivity index (χ2v) is 14.7. The largest absolute Gasteiger partial charge is 0.482 e.